The molecule has 16 heavy (non-hydrogen) atoms. The second kappa shape index (κ2) is 4.49. The van der Waals surface area contributed by atoms with Crippen molar-refractivity contribution in [3.63, 3.8) is 0 Å². The van der Waals surface area contributed by atoms with Gasteiger partial charge in [-0.05, 0) is 12.8 Å². The lowest BCUT2D eigenvalue weighted by Crippen LogP contribution is -2.08. The minimum absolute atomic E-state index is 0.0677. The highest BCUT2D eigenvalue weighted by molar-refractivity contribution is 7.85. The first kappa shape index (κ1) is 12.5. The number of aliphatic carboxylic acids is 1. The van der Waals surface area contributed by atoms with Crippen LogP contribution in [0.3, 0.4) is 0 Å². The first-order valence-electron chi connectivity index (χ1n) is 4.19. The van der Waals surface area contributed by atoms with Crippen molar-refractivity contribution >= 4 is 22.0 Å². The lowest BCUT2D eigenvalue weighted by Gasteiger charge is -1.99. The van der Waals surface area contributed by atoms with Crippen LogP contribution in [0.2, 0.25) is 0 Å². The Morgan fingerprint density at radius 2 is 1.94 bits per heavy atom. The highest BCUT2D eigenvalue weighted by Crippen LogP contribution is 2.21. The van der Waals surface area contributed by atoms with Gasteiger partial charge in [0, 0.05) is 0 Å². The lowest BCUT2D eigenvalue weighted by molar-refractivity contribution is -0.132. The molecule has 0 saturated carbocycles. The minimum atomic E-state index is -4.11. The van der Waals surface area contributed by atoms with E-state index in [9.17, 15) is 18.0 Å². The molecule has 8 nitrogen and oxygen atoms in total. The summed E-state index contributed by atoms with van der Waals surface area (Å²) in [6.45, 7) is 0. The zero-order valence-corrected chi connectivity index (χ0v) is 8.77. The van der Waals surface area contributed by atoms with Gasteiger partial charge in [-0.2, -0.15) is 8.42 Å². The molecule has 1 heterocycles. The Morgan fingerprint density at radius 1 is 1.31 bits per heavy atom. The van der Waals surface area contributed by atoms with Crippen molar-refractivity contribution in [1.29, 1.82) is 0 Å². The van der Waals surface area contributed by atoms with Gasteiger partial charge in [-0.1, -0.05) is 0 Å². The van der Waals surface area contributed by atoms with Crippen LogP contribution in [0.1, 0.15) is 12.8 Å². The number of carboxylic acids is 1. The number of nitrogens with zero attached hydrogens (tertiary/aromatic N) is 2. The van der Waals surface area contributed by atoms with Crippen molar-refractivity contribution in [2.24, 2.45) is 10.2 Å². The molecule has 0 atom stereocenters. The number of azo groups is 1. The maximum Gasteiger partial charge on any atom is 0.356 e. The fourth-order valence-electron chi connectivity index (χ4n) is 1.15. The minimum Gasteiger partial charge on any atom is -0.476 e. The normalized spacial score (nSPS) is 15.9. The molecule has 0 aromatic carbocycles. The van der Waals surface area contributed by atoms with Crippen LogP contribution in [0, 0.1) is 0 Å². The SMILES string of the molecule is O=C(O)C1=C(CCCS(=O)(=O)O)C(=O)N=N1. The Balaban J connectivity index is 2.70. The topological polar surface area (TPSA) is 133 Å². The molecule has 0 aromatic rings. The van der Waals surface area contributed by atoms with E-state index in [1.165, 1.54) is 0 Å². The molecule has 1 rings (SSSR count). The number of amides is 1. The summed E-state index contributed by atoms with van der Waals surface area (Å²) >= 11 is 0. The van der Waals surface area contributed by atoms with Crippen LogP contribution < -0.4 is 0 Å². The molecule has 1 aliphatic rings. The molecule has 2 N–H and O–H groups in total. The van der Waals surface area contributed by atoms with Crippen LogP contribution >= 0.6 is 0 Å². The zero-order chi connectivity index (χ0) is 12.3. The first-order valence-corrected chi connectivity index (χ1v) is 5.80. The number of hydrogen-bond acceptors (Lipinski definition) is 5. The van der Waals surface area contributed by atoms with Crippen molar-refractivity contribution in [3.05, 3.63) is 11.3 Å². The molecule has 9 heteroatoms. The van der Waals surface area contributed by atoms with Crippen molar-refractivity contribution in [1.82, 2.24) is 0 Å². The van der Waals surface area contributed by atoms with Crippen LogP contribution in [0.5, 0.6) is 0 Å². The Bertz CT molecular complexity index is 489. The second-order valence-electron chi connectivity index (χ2n) is 3.03. The second-order valence-corrected chi connectivity index (χ2v) is 4.60. The zero-order valence-electron chi connectivity index (χ0n) is 7.95. The van der Waals surface area contributed by atoms with Gasteiger partial charge < -0.3 is 5.11 Å². The van der Waals surface area contributed by atoms with Gasteiger partial charge >= 0.3 is 5.97 Å². The Labute approximate surface area is 90.4 Å². The van der Waals surface area contributed by atoms with Gasteiger partial charge in [-0.25, -0.2) is 4.79 Å². The molecule has 0 radical (unpaired) electrons. The van der Waals surface area contributed by atoms with Crippen LogP contribution in [0.25, 0.3) is 0 Å². The largest absolute Gasteiger partial charge is 0.476 e. The molecule has 0 unspecified atom stereocenters. The number of carbonyl (C=O) groups is 2. The molecule has 0 fully saturated rings. The summed E-state index contributed by atoms with van der Waals surface area (Å²) in [4.78, 5) is 21.6. The molecule has 88 valence electrons. The molecule has 0 aliphatic carbocycles. The highest BCUT2D eigenvalue weighted by Gasteiger charge is 2.25. The lowest BCUT2D eigenvalue weighted by atomic mass is 10.1. The van der Waals surface area contributed by atoms with Crippen LogP contribution in [-0.4, -0.2) is 35.7 Å². The fraction of sp³-hybridized carbons (Fsp3) is 0.429. The molecule has 0 spiro atoms. The smallest absolute Gasteiger partial charge is 0.356 e. The summed E-state index contributed by atoms with van der Waals surface area (Å²) in [5.41, 5.74) is -0.614. The van der Waals surface area contributed by atoms with E-state index in [1.54, 1.807) is 0 Å². The van der Waals surface area contributed by atoms with E-state index in [0.717, 1.165) is 0 Å². The van der Waals surface area contributed by atoms with Crippen LogP contribution in [0.4, 0.5) is 0 Å². The van der Waals surface area contributed by atoms with Gasteiger partial charge in [-0.15, -0.1) is 10.2 Å². The third kappa shape index (κ3) is 3.21. The maximum absolute atomic E-state index is 11.1. The van der Waals surface area contributed by atoms with E-state index >= 15 is 0 Å². The van der Waals surface area contributed by atoms with Gasteiger partial charge in [0.1, 0.15) is 0 Å². The quantitative estimate of drug-likeness (QED) is 0.657. The van der Waals surface area contributed by atoms with E-state index in [4.69, 9.17) is 9.66 Å². The summed E-state index contributed by atoms with van der Waals surface area (Å²) in [5.74, 6) is -2.72. The number of carbonyl (C=O) groups excluding carboxylic acids is 1. The number of rotatable bonds is 5. The molecular formula is C7H8N2O6S. The summed E-state index contributed by atoms with van der Waals surface area (Å²) in [6.07, 6.45) is -0.172. The van der Waals surface area contributed by atoms with E-state index in [2.05, 4.69) is 10.2 Å². The molecule has 0 bridgehead atoms. The van der Waals surface area contributed by atoms with Gasteiger partial charge in [0.05, 0.1) is 11.3 Å². The average molecular weight is 248 g/mol. The molecule has 0 saturated heterocycles. The van der Waals surface area contributed by atoms with Crippen LogP contribution in [-0.2, 0) is 19.7 Å². The fourth-order valence-corrected chi connectivity index (χ4v) is 1.66. The van der Waals surface area contributed by atoms with Crippen molar-refractivity contribution in [2.75, 3.05) is 5.75 Å². The number of carboxylic acid groups (broad SMARTS) is 1. The van der Waals surface area contributed by atoms with Crippen molar-refractivity contribution in [2.45, 2.75) is 12.8 Å². The third-order valence-corrected chi connectivity index (χ3v) is 2.62. The van der Waals surface area contributed by atoms with E-state index in [-0.39, 0.29) is 18.4 Å². The molecule has 0 aromatic heterocycles. The average Bonchev–Trinajstić information content (AvgIpc) is 2.46. The molecule has 1 amide bonds. The van der Waals surface area contributed by atoms with Gasteiger partial charge in [0.15, 0.2) is 5.70 Å². The van der Waals surface area contributed by atoms with E-state index in [0.29, 0.717) is 0 Å². The molecule has 1 aliphatic heterocycles. The van der Waals surface area contributed by atoms with Gasteiger partial charge in [-0.3, -0.25) is 9.35 Å². The predicted molar refractivity (Wildman–Crippen MR) is 50.2 cm³/mol. The Morgan fingerprint density at radius 3 is 2.44 bits per heavy atom. The van der Waals surface area contributed by atoms with Crippen molar-refractivity contribution < 1.29 is 27.7 Å². The highest BCUT2D eigenvalue weighted by atomic mass is 32.2. The monoisotopic (exact) mass is 248 g/mol. The summed E-state index contributed by atoms with van der Waals surface area (Å²) in [6, 6.07) is 0. The number of hydrogen-bond donors (Lipinski definition) is 2. The van der Waals surface area contributed by atoms with E-state index in [1.807, 2.05) is 0 Å². The Hall–Kier alpha value is -1.61. The molecular weight excluding hydrogens is 240 g/mol. The van der Waals surface area contributed by atoms with Gasteiger partial charge in [0.2, 0.25) is 0 Å². The van der Waals surface area contributed by atoms with Crippen molar-refractivity contribution in [3.8, 4) is 0 Å². The standard InChI is InChI=1S/C7H8N2O6S/c10-6-4(2-1-3-16(13,14)15)5(7(11)12)8-9-6/h1-3H2,(H,11,12)(H,13,14,15). The summed E-state index contributed by atoms with van der Waals surface area (Å²) in [5, 5.41) is 14.8. The Kier molecular flexibility index (Phi) is 3.50. The predicted octanol–water partition coefficient (Wildman–Crippen LogP) is -0.0145. The first-order chi connectivity index (χ1) is 7.31. The summed E-state index contributed by atoms with van der Waals surface area (Å²) in [7, 11) is -4.11. The van der Waals surface area contributed by atoms with E-state index < -0.39 is 33.4 Å². The maximum atomic E-state index is 11.1. The summed E-state index contributed by atoms with van der Waals surface area (Å²) < 4.78 is 29.2. The third-order valence-electron chi connectivity index (χ3n) is 1.82. The van der Waals surface area contributed by atoms with Gasteiger partial charge in [0.25, 0.3) is 16.0 Å². The van der Waals surface area contributed by atoms with Crippen LogP contribution in [0.15, 0.2) is 21.5 Å².